The highest BCUT2D eigenvalue weighted by molar-refractivity contribution is 6.35. The number of nitrogens with zero attached hydrogens (tertiary/aromatic N) is 4. The predicted molar refractivity (Wildman–Crippen MR) is 93.5 cm³/mol. The molecule has 0 N–H and O–H groups in total. The number of aliphatic imine (C=N–C) groups is 2. The van der Waals surface area contributed by atoms with E-state index in [0.717, 1.165) is 56.3 Å². The number of rotatable bonds is 0. The van der Waals surface area contributed by atoms with Crippen molar-refractivity contribution in [2.24, 2.45) is 24.1 Å². The molecule has 120 valence electrons. The maximum Gasteiger partial charge on any atom is 0.165 e. The van der Waals surface area contributed by atoms with Crippen LogP contribution in [0, 0.1) is 0 Å². The fourth-order valence-corrected chi connectivity index (χ4v) is 3.74. The third kappa shape index (κ3) is 1.37. The number of hydrogen-bond donors (Lipinski definition) is 0. The van der Waals surface area contributed by atoms with Crippen LogP contribution in [0.25, 0.3) is 22.2 Å². The first-order valence-electron chi connectivity index (χ1n) is 7.76. The summed E-state index contributed by atoms with van der Waals surface area (Å²) in [6.07, 6.45) is 3.97. The van der Waals surface area contributed by atoms with Crippen LogP contribution in [0.3, 0.4) is 0 Å². The highest BCUT2D eigenvalue weighted by Crippen LogP contribution is 2.40. The summed E-state index contributed by atoms with van der Waals surface area (Å²) in [5.74, 6) is 1.52. The summed E-state index contributed by atoms with van der Waals surface area (Å²) < 4.78 is 16.4. The highest BCUT2D eigenvalue weighted by atomic mass is 16.3. The lowest BCUT2D eigenvalue weighted by Gasteiger charge is -2.15. The van der Waals surface area contributed by atoms with Gasteiger partial charge in [-0.1, -0.05) is 0 Å². The minimum atomic E-state index is 0.760. The van der Waals surface area contributed by atoms with Crippen molar-refractivity contribution < 1.29 is 8.83 Å². The molecule has 1 aliphatic carbocycles. The second-order valence-electron chi connectivity index (χ2n) is 6.04. The van der Waals surface area contributed by atoms with Crippen molar-refractivity contribution in [2.45, 2.75) is 0 Å². The van der Waals surface area contributed by atoms with Crippen LogP contribution < -0.4 is 0 Å². The lowest BCUT2D eigenvalue weighted by molar-refractivity contribution is 0.591. The van der Waals surface area contributed by atoms with Crippen LogP contribution in [-0.4, -0.2) is 34.7 Å². The van der Waals surface area contributed by atoms with Crippen LogP contribution in [0.5, 0.6) is 0 Å². The third-order valence-electron chi connectivity index (χ3n) is 4.77. The van der Waals surface area contributed by atoms with Gasteiger partial charge in [-0.2, -0.15) is 0 Å². The van der Waals surface area contributed by atoms with Crippen LogP contribution in [0.15, 0.2) is 43.3 Å². The topological polar surface area (TPSA) is 60.9 Å². The van der Waals surface area contributed by atoms with Crippen LogP contribution >= 0.6 is 0 Å². The summed E-state index contributed by atoms with van der Waals surface area (Å²) in [4.78, 5) is 9.06. The van der Waals surface area contributed by atoms with Gasteiger partial charge in [0.1, 0.15) is 11.4 Å². The van der Waals surface area contributed by atoms with Gasteiger partial charge in [0.25, 0.3) is 0 Å². The zero-order valence-electron chi connectivity index (χ0n) is 13.9. The van der Waals surface area contributed by atoms with Crippen LogP contribution in [-0.2, 0) is 14.1 Å². The Labute approximate surface area is 137 Å². The Bertz CT molecular complexity index is 1100. The van der Waals surface area contributed by atoms with Crippen molar-refractivity contribution in [1.29, 1.82) is 0 Å². The molecule has 5 rings (SSSR count). The van der Waals surface area contributed by atoms with E-state index >= 15 is 0 Å². The molecule has 0 aliphatic heterocycles. The first kappa shape index (κ1) is 13.4. The molecule has 0 spiro atoms. The third-order valence-corrected chi connectivity index (χ3v) is 4.77. The van der Waals surface area contributed by atoms with Gasteiger partial charge in [0.05, 0.1) is 22.2 Å². The van der Waals surface area contributed by atoms with E-state index in [4.69, 9.17) is 8.83 Å². The Morgan fingerprint density at radius 1 is 0.750 bits per heavy atom. The maximum absolute atomic E-state index is 6.16. The molecule has 0 radical (unpaired) electrons. The van der Waals surface area contributed by atoms with Gasteiger partial charge in [-0.3, -0.25) is 9.98 Å². The van der Waals surface area contributed by atoms with E-state index in [1.54, 1.807) is 14.1 Å². The molecule has 0 aromatic carbocycles. The maximum atomic E-state index is 6.16. The largest absolute Gasteiger partial charge is 0.452 e. The molecule has 1 aliphatic rings. The molecular formula is C18H16N4O2. The van der Waals surface area contributed by atoms with Crippen molar-refractivity contribution >= 4 is 33.6 Å². The fourth-order valence-electron chi connectivity index (χ4n) is 3.74. The van der Waals surface area contributed by atoms with Gasteiger partial charge in [-0.15, -0.1) is 0 Å². The molecule has 0 unspecified atom stereocenters. The van der Waals surface area contributed by atoms with Crippen molar-refractivity contribution in [3.63, 3.8) is 0 Å². The van der Waals surface area contributed by atoms with E-state index in [1.807, 2.05) is 47.8 Å². The summed E-state index contributed by atoms with van der Waals surface area (Å²) in [7, 11) is 7.57. The monoisotopic (exact) mass is 320 g/mol. The number of furan rings is 2. The Kier molecular flexibility index (Phi) is 2.40. The molecule has 0 saturated carbocycles. The molecule has 0 amide bonds. The minimum Gasteiger partial charge on any atom is -0.452 e. The quantitative estimate of drug-likeness (QED) is 0.440. The molecule has 0 fully saturated rings. The van der Waals surface area contributed by atoms with Gasteiger partial charge >= 0.3 is 0 Å². The van der Waals surface area contributed by atoms with E-state index in [-0.39, 0.29) is 0 Å². The van der Waals surface area contributed by atoms with Crippen molar-refractivity contribution in [2.75, 3.05) is 14.1 Å². The number of hydrogen-bond acceptors (Lipinski definition) is 4. The zero-order valence-corrected chi connectivity index (χ0v) is 13.9. The zero-order chi connectivity index (χ0) is 16.6. The van der Waals surface area contributed by atoms with Gasteiger partial charge in [0, 0.05) is 40.6 Å². The first-order valence-corrected chi connectivity index (χ1v) is 7.76. The Balaban J connectivity index is 1.99. The number of fused-ring (bicyclic) bond motifs is 6. The summed E-state index contributed by atoms with van der Waals surface area (Å²) in [6, 6.07) is 3.93. The van der Waals surface area contributed by atoms with Gasteiger partial charge in [0.15, 0.2) is 22.7 Å². The van der Waals surface area contributed by atoms with Gasteiger partial charge in [-0.25, -0.2) is 0 Å². The minimum absolute atomic E-state index is 0.760. The molecule has 4 aromatic rings. The smallest absolute Gasteiger partial charge is 0.165 e. The number of aromatic nitrogens is 2. The van der Waals surface area contributed by atoms with Gasteiger partial charge in [-0.05, 0) is 12.1 Å². The average molecular weight is 320 g/mol. The molecule has 0 atom stereocenters. The Morgan fingerprint density at radius 2 is 1.17 bits per heavy atom. The first-order chi connectivity index (χ1) is 11.7. The van der Waals surface area contributed by atoms with Crippen LogP contribution in [0.4, 0.5) is 0 Å². The second-order valence-corrected chi connectivity index (χ2v) is 6.04. The van der Waals surface area contributed by atoms with E-state index in [1.165, 1.54) is 0 Å². The van der Waals surface area contributed by atoms with Crippen LogP contribution in [0.2, 0.25) is 0 Å². The van der Waals surface area contributed by atoms with E-state index in [0.29, 0.717) is 0 Å². The normalized spacial score (nSPS) is 17.3. The Hall–Kier alpha value is -3.02. The standard InChI is InChI=1S/C18H16N4O2/c1-19-13-11-15-9(5-7-21(15)3)24-18(11)14(20-2)12-16-10(23-17(12)13)6-8-22(16)4/h5-8H,1-4H3. The average Bonchev–Trinajstić information content (AvgIpc) is 3.29. The van der Waals surface area contributed by atoms with Crippen molar-refractivity contribution in [3.05, 3.63) is 47.2 Å². The summed E-state index contributed by atoms with van der Waals surface area (Å²) in [5, 5.41) is 0. The SMILES string of the molecule is CN=C1c2oc3ccn(C)c3c2C(=NC)c2oc3ccn(C)c3c21. The molecule has 24 heavy (non-hydrogen) atoms. The molecule has 4 aromatic heterocycles. The number of aryl methyl sites for hydroxylation is 2. The molecule has 0 bridgehead atoms. The van der Waals surface area contributed by atoms with Gasteiger partial charge in [0.2, 0.25) is 0 Å². The lowest BCUT2D eigenvalue weighted by Crippen LogP contribution is -2.20. The summed E-state index contributed by atoms with van der Waals surface area (Å²) in [5.41, 5.74) is 7.21. The summed E-state index contributed by atoms with van der Waals surface area (Å²) in [6.45, 7) is 0. The highest BCUT2D eigenvalue weighted by Gasteiger charge is 2.38. The van der Waals surface area contributed by atoms with Crippen molar-refractivity contribution in [1.82, 2.24) is 9.13 Å². The molecular weight excluding hydrogens is 304 g/mol. The molecule has 6 nitrogen and oxygen atoms in total. The van der Waals surface area contributed by atoms with E-state index < -0.39 is 0 Å². The van der Waals surface area contributed by atoms with Crippen molar-refractivity contribution in [3.8, 4) is 0 Å². The molecule has 6 heteroatoms. The molecule has 4 heterocycles. The predicted octanol–water partition coefficient (Wildman–Crippen LogP) is 3.10. The van der Waals surface area contributed by atoms with Crippen LogP contribution in [0.1, 0.15) is 22.6 Å². The van der Waals surface area contributed by atoms with E-state index in [9.17, 15) is 0 Å². The molecule has 0 saturated heterocycles. The fraction of sp³-hybridized carbons (Fsp3) is 0.222. The second kappa shape index (κ2) is 4.29. The lowest BCUT2D eigenvalue weighted by atomic mass is 9.91. The van der Waals surface area contributed by atoms with E-state index in [2.05, 4.69) is 9.98 Å². The Morgan fingerprint density at radius 3 is 1.54 bits per heavy atom. The summed E-state index contributed by atoms with van der Waals surface area (Å²) >= 11 is 0. The van der Waals surface area contributed by atoms with Gasteiger partial charge < -0.3 is 18.0 Å².